The van der Waals surface area contributed by atoms with Gasteiger partial charge in [0.2, 0.25) is 0 Å². The summed E-state index contributed by atoms with van der Waals surface area (Å²) in [5, 5.41) is 3.42. The molecule has 0 atom stereocenters. The van der Waals surface area contributed by atoms with E-state index in [9.17, 15) is 0 Å². The molecular formula is C7H5ClN2S. The lowest BCUT2D eigenvalue weighted by Gasteiger charge is -1.95. The van der Waals surface area contributed by atoms with Crippen LogP contribution in [-0.4, -0.2) is 4.98 Å². The highest BCUT2D eigenvalue weighted by Crippen LogP contribution is 2.30. The van der Waals surface area contributed by atoms with E-state index in [1.165, 1.54) is 0 Å². The van der Waals surface area contributed by atoms with Gasteiger partial charge in [-0.2, -0.15) is 0 Å². The third-order valence-corrected chi connectivity index (χ3v) is 2.73. The van der Waals surface area contributed by atoms with Crippen LogP contribution in [0.15, 0.2) is 17.6 Å². The molecule has 0 amide bonds. The van der Waals surface area contributed by atoms with Crippen molar-refractivity contribution in [2.75, 3.05) is 5.73 Å². The van der Waals surface area contributed by atoms with E-state index in [1.54, 1.807) is 17.5 Å². The molecule has 11 heavy (non-hydrogen) atoms. The molecule has 0 fully saturated rings. The summed E-state index contributed by atoms with van der Waals surface area (Å²) in [4.78, 5) is 3.93. The van der Waals surface area contributed by atoms with Gasteiger partial charge in [-0.05, 0) is 11.4 Å². The number of rotatable bonds is 0. The summed E-state index contributed by atoms with van der Waals surface area (Å²) in [5.41, 5.74) is 6.35. The maximum atomic E-state index is 5.81. The first kappa shape index (κ1) is 6.88. The van der Waals surface area contributed by atoms with Gasteiger partial charge in [0.15, 0.2) is 0 Å². The smallest absolute Gasteiger partial charge is 0.137 e. The lowest BCUT2D eigenvalue weighted by Crippen LogP contribution is -1.86. The Labute approximate surface area is 72.6 Å². The summed E-state index contributed by atoms with van der Waals surface area (Å²) in [6.07, 6.45) is 1.58. The molecule has 0 saturated carbocycles. The van der Waals surface area contributed by atoms with Gasteiger partial charge in [-0.3, -0.25) is 0 Å². The van der Waals surface area contributed by atoms with E-state index in [2.05, 4.69) is 4.98 Å². The topological polar surface area (TPSA) is 38.9 Å². The number of halogens is 1. The van der Waals surface area contributed by atoms with Gasteiger partial charge in [0.25, 0.3) is 0 Å². The lowest BCUT2D eigenvalue weighted by atomic mass is 10.3. The first-order chi connectivity index (χ1) is 5.29. The van der Waals surface area contributed by atoms with E-state index in [-0.39, 0.29) is 0 Å². The minimum Gasteiger partial charge on any atom is -0.396 e. The summed E-state index contributed by atoms with van der Waals surface area (Å²) < 4.78 is 1.02. The molecule has 56 valence electrons. The molecule has 4 heteroatoms. The van der Waals surface area contributed by atoms with Gasteiger partial charge >= 0.3 is 0 Å². The Bertz CT molecular complexity index is 360. The van der Waals surface area contributed by atoms with Gasteiger partial charge in [-0.1, -0.05) is 11.6 Å². The van der Waals surface area contributed by atoms with Crippen molar-refractivity contribution < 1.29 is 0 Å². The van der Waals surface area contributed by atoms with Crippen molar-refractivity contribution in [2.45, 2.75) is 0 Å². The number of anilines is 1. The summed E-state index contributed by atoms with van der Waals surface area (Å²) in [7, 11) is 0. The maximum Gasteiger partial charge on any atom is 0.137 e. The van der Waals surface area contributed by atoms with Crippen LogP contribution in [0.2, 0.25) is 5.15 Å². The Morgan fingerprint density at radius 3 is 3.09 bits per heavy atom. The standard InChI is InChI=1S/C7H5ClN2S/c8-7-4-1-2-11-6(4)5(9)3-10-7/h1-3H,9H2. The van der Waals surface area contributed by atoms with Crippen molar-refractivity contribution in [1.82, 2.24) is 4.98 Å². The molecular weight excluding hydrogens is 180 g/mol. The zero-order valence-corrected chi connectivity index (χ0v) is 7.12. The van der Waals surface area contributed by atoms with Gasteiger partial charge in [0.1, 0.15) is 5.15 Å². The number of aromatic nitrogens is 1. The van der Waals surface area contributed by atoms with E-state index in [1.807, 2.05) is 11.4 Å². The van der Waals surface area contributed by atoms with Crippen LogP contribution in [0, 0.1) is 0 Å². The average molecular weight is 185 g/mol. The van der Waals surface area contributed by atoms with E-state index >= 15 is 0 Å². The van der Waals surface area contributed by atoms with Gasteiger partial charge in [-0.15, -0.1) is 11.3 Å². The van der Waals surface area contributed by atoms with Gasteiger partial charge in [-0.25, -0.2) is 4.98 Å². The molecule has 0 unspecified atom stereocenters. The second-order valence-electron chi connectivity index (χ2n) is 2.17. The average Bonchev–Trinajstić information content (AvgIpc) is 2.45. The Kier molecular flexibility index (Phi) is 1.47. The van der Waals surface area contributed by atoms with Crippen molar-refractivity contribution in [1.29, 1.82) is 0 Å². The molecule has 2 heterocycles. The first-order valence-corrected chi connectivity index (χ1v) is 4.32. The number of nitrogen functional groups attached to an aromatic ring is 1. The van der Waals surface area contributed by atoms with Crippen LogP contribution in [0.3, 0.4) is 0 Å². The highest BCUT2D eigenvalue weighted by Gasteiger charge is 2.03. The van der Waals surface area contributed by atoms with Gasteiger partial charge in [0, 0.05) is 5.39 Å². The van der Waals surface area contributed by atoms with Crippen LogP contribution in [0.25, 0.3) is 10.1 Å². The Morgan fingerprint density at radius 2 is 2.36 bits per heavy atom. The highest BCUT2D eigenvalue weighted by atomic mass is 35.5. The second-order valence-corrected chi connectivity index (χ2v) is 3.44. The molecule has 0 aromatic carbocycles. The van der Waals surface area contributed by atoms with E-state index < -0.39 is 0 Å². The Hall–Kier alpha value is -0.800. The largest absolute Gasteiger partial charge is 0.396 e. The fraction of sp³-hybridized carbons (Fsp3) is 0. The number of thiophene rings is 1. The van der Waals surface area contributed by atoms with Crippen molar-refractivity contribution in [2.24, 2.45) is 0 Å². The predicted molar refractivity (Wildman–Crippen MR) is 49.0 cm³/mol. The zero-order valence-electron chi connectivity index (χ0n) is 5.54. The lowest BCUT2D eigenvalue weighted by molar-refractivity contribution is 1.37. The summed E-state index contributed by atoms with van der Waals surface area (Å²) in [6.45, 7) is 0. The van der Waals surface area contributed by atoms with Crippen molar-refractivity contribution in [3.05, 3.63) is 22.8 Å². The second kappa shape index (κ2) is 2.36. The SMILES string of the molecule is Nc1cnc(Cl)c2ccsc12. The molecule has 0 radical (unpaired) electrons. The Balaban J connectivity index is 2.96. The van der Waals surface area contributed by atoms with E-state index in [0.29, 0.717) is 10.8 Å². The van der Waals surface area contributed by atoms with Crippen LogP contribution in [0.1, 0.15) is 0 Å². The summed E-state index contributed by atoms with van der Waals surface area (Å²) in [6, 6.07) is 1.92. The van der Waals surface area contributed by atoms with E-state index in [4.69, 9.17) is 17.3 Å². The third-order valence-electron chi connectivity index (χ3n) is 1.47. The number of nitrogens with zero attached hydrogens (tertiary/aromatic N) is 1. The predicted octanol–water partition coefficient (Wildman–Crippen LogP) is 2.53. The first-order valence-electron chi connectivity index (χ1n) is 3.06. The monoisotopic (exact) mass is 184 g/mol. The fourth-order valence-corrected chi connectivity index (χ4v) is 2.03. The van der Waals surface area contributed by atoms with Gasteiger partial charge < -0.3 is 5.73 Å². The normalized spacial score (nSPS) is 10.6. The molecule has 0 saturated heterocycles. The summed E-state index contributed by atoms with van der Waals surface area (Å²) in [5.74, 6) is 0. The van der Waals surface area contributed by atoms with E-state index in [0.717, 1.165) is 10.1 Å². The third kappa shape index (κ3) is 0.968. The van der Waals surface area contributed by atoms with Crippen LogP contribution in [0.5, 0.6) is 0 Å². The molecule has 2 rings (SSSR count). The van der Waals surface area contributed by atoms with Gasteiger partial charge in [0.05, 0.1) is 16.6 Å². The maximum absolute atomic E-state index is 5.81. The van der Waals surface area contributed by atoms with Crippen LogP contribution < -0.4 is 5.73 Å². The minimum absolute atomic E-state index is 0.524. The van der Waals surface area contributed by atoms with Crippen LogP contribution >= 0.6 is 22.9 Å². The molecule has 2 aromatic heterocycles. The van der Waals surface area contributed by atoms with Crippen LogP contribution in [-0.2, 0) is 0 Å². The fourth-order valence-electron chi connectivity index (χ4n) is 0.950. The molecule has 0 aliphatic heterocycles. The van der Waals surface area contributed by atoms with Crippen molar-refractivity contribution in [3.8, 4) is 0 Å². The molecule has 2 N–H and O–H groups in total. The number of fused-ring (bicyclic) bond motifs is 1. The number of hydrogen-bond donors (Lipinski definition) is 1. The molecule has 0 bridgehead atoms. The van der Waals surface area contributed by atoms with Crippen LogP contribution in [0.4, 0.5) is 5.69 Å². The molecule has 0 aliphatic rings. The quantitative estimate of drug-likeness (QED) is 0.639. The Morgan fingerprint density at radius 1 is 1.55 bits per heavy atom. The highest BCUT2D eigenvalue weighted by molar-refractivity contribution is 7.17. The molecule has 0 spiro atoms. The molecule has 2 aromatic rings. The summed E-state index contributed by atoms with van der Waals surface area (Å²) >= 11 is 7.39. The number of nitrogens with two attached hydrogens (primary N) is 1. The zero-order chi connectivity index (χ0) is 7.84. The molecule has 0 aliphatic carbocycles. The number of hydrogen-bond acceptors (Lipinski definition) is 3. The molecule has 2 nitrogen and oxygen atoms in total. The minimum atomic E-state index is 0.524. The van der Waals surface area contributed by atoms with Crippen molar-refractivity contribution in [3.63, 3.8) is 0 Å². The van der Waals surface area contributed by atoms with Crippen molar-refractivity contribution >= 4 is 38.7 Å². The number of pyridine rings is 1.